The normalized spacial score (nSPS) is 18.8. The third-order valence-electron chi connectivity index (χ3n) is 2.68. The maximum Gasteiger partial charge on any atom is 0.322 e. The molecular formula is C10H16N6O2. The van der Waals surface area contributed by atoms with Crippen molar-refractivity contribution in [2.75, 3.05) is 30.8 Å². The van der Waals surface area contributed by atoms with Gasteiger partial charge in [-0.1, -0.05) is 0 Å². The van der Waals surface area contributed by atoms with E-state index in [4.69, 9.17) is 10.5 Å². The average molecular weight is 252 g/mol. The van der Waals surface area contributed by atoms with E-state index in [0.717, 1.165) is 13.0 Å². The SMILES string of the molecule is COc1nc(N)nc(N2CCC(NC(C)=O)C2)n1. The number of rotatable bonds is 3. The number of amides is 1. The lowest BCUT2D eigenvalue weighted by atomic mass is 10.3. The van der Waals surface area contributed by atoms with Crippen LogP contribution in [-0.4, -0.2) is 47.1 Å². The maximum atomic E-state index is 11.0. The maximum absolute atomic E-state index is 11.0. The Morgan fingerprint density at radius 3 is 2.94 bits per heavy atom. The fourth-order valence-electron chi connectivity index (χ4n) is 1.94. The molecule has 0 saturated carbocycles. The standard InChI is InChI=1S/C10H16N6O2/c1-6(17)12-7-3-4-16(5-7)9-13-8(11)14-10(15-9)18-2/h7H,3-5H2,1-2H3,(H,12,17)(H2,11,13,14,15). The smallest absolute Gasteiger partial charge is 0.322 e. The van der Waals surface area contributed by atoms with Crippen LogP contribution in [0.5, 0.6) is 6.01 Å². The van der Waals surface area contributed by atoms with Gasteiger partial charge >= 0.3 is 6.01 Å². The summed E-state index contributed by atoms with van der Waals surface area (Å²) in [5, 5.41) is 2.87. The topological polar surface area (TPSA) is 106 Å². The molecule has 0 aliphatic carbocycles. The van der Waals surface area contributed by atoms with Gasteiger partial charge in [-0.2, -0.15) is 15.0 Å². The van der Waals surface area contributed by atoms with Crippen molar-refractivity contribution >= 4 is 17.8 Å². The van der Waals surface area contributed by atoms with Crippen molar-refractivity contribution in [3.63, 3.8) is 0 Å². The lowest BCUT2D eigenvalue weighted by molar-refractivity contribution is -0.119. The van der Waals surface area contributed by atoms with E-state index in [1.54, 1.807) is 0 Å². The first-order valence-electron chi connectivity index (χ1n) is 5.66. The molecule has 3 N–H and O–H groups in total. The third-order valence-corrected chi connectivity index (χ3v) is 2.68. The minimum atomic E-state index is -0.0328. The van der Waals surface area contributed by atoms with Crippen LogP contribution in [0.25, 0.3) is 0 Å². The Balaban J connectivity index is 2.09. The lowest BCUT2D eigenvalue weighted by Crippen LogP contribution is -2.36. The zero-order valence-corrected chi connectivity index (χ0v) is 10.4. The van der Waals surface area contributed by atoms with E-state index in [9.17, 15) is 4.79 Å². The summed E-state index contributed by atoms with van der Waals surface area (Å²) in [4.78, 5) is 25.0. The van der Waals surface area contributed by atoms with Gasteiger partial charge in [-0.05, 0) is 6.42 Å². The predicted molar refractivity (Wildman–Crippen MR) is 65.2 cm³/mol. The summed E-state index contributed by atoms with van der Waals surface area (Å²) < 4.78 is 4.95. The van der Waals surface area contributed by atoms with Gasteiger partial charge in [0.25, 0.3) is 0 Å². The molecule has 1 aliphatic rings. The Bertz CT molecular complexity index is 452. The fourth-order valence-corrected chi connectivity index (χ4v) is 1.94. The molecule has 1 aromatic rings. The summed E-state index contributed by atoms with van der Waals surface area (Å²) in [6.45, 7) is 2.93. The molecule has 0 aromatic carbocycles. The number of carbonyl (C=O) groups is 1. The number of nitrogen functional groups attached to an aromatic ring is 1. The minimum Gasteiger partial charge on any atom is -0.467 e. The summed E-state index contributed by atoms with van der Waals surface area (Å²) >= 11 is 0. The van der Waals surface area contributed by atoms with Crippen LogP contribution < -0.4 is 20.7 Å². The van der Waals surface area contributed by atoms with Crippen molar-refractivity contribution in [2.24, 2.45) is 0 Å². The molecule has 2 heterocycles. The van der Waals surface area contributed by atoms with Gasteiger partial charge in [0, 0.05) is 26.1 Å². The lowest BCUT2D eigenvalue weighted by Gasteiger charge is -2.16. The van der Waals surface area contributed by atoms with E-state index in [0.29, 0.717) is 12.5 Å². The van der Waals surface area contributed by atoms with E-state index in [-0.39, 0.29) is 23.9 Å². The van der Waals surface area contributed by atoms with Crippen LogP contribution >= 0.6 is 0 Å². The van der Waals surface area contributed by atoms with Crippen molar-refractivity contribution in [1.29, 1.82) is 0 Å². The first kappa shape index (κ1) is 12.3. The zero-order valence-electron chi connectivity index (χ0n) is 10.4. The van der Waals surface area contributed by atoms with Gasteiger partial charge in [0.2, 0.25) is 17.8 Å². The number of nitrogens with one attached hydrogen (secondary N) is 1. The summed E-state index contributed by atoms with van der Waals surface area (Å²) in [6.07, 6.45) is 0.855. The average Bonchev–Trinajstić information content (AvgIpc) is 2.75. The second-order valence-corrected chi connectivity index (χ2v) is 4.11. The molecule has 1 amide bonds. The molecule has 0 bridgehead atoms. The summed E-state index contributed by atoms with van der Waals surface area (Å²) in [5.74, 6) is 0.571. The summed E-state index contributed by atoms with van der Waals surface area (Å²) in [6, 6.07) is 0.312. The highest BCUT2D eigenvalue weighted by molar-refractivity contribution is 5.73. The summed E-state index contributed by atoms with van der Waals surface area (Å²) in [7, 11) is 1.47. The molecule has 1 unspecified atom stereocenters. The first-order chi connectivity index (χ1) is 8.58. The molecule has 8 heteroatoms. The quantitative estimate of drug-likeness (QED) is 0.723. The van der Waals surface area contributed by atoms with Crippen molar-refractivity contribution in [3.05, 3.63) is 0 Å². The predicted octanol–water partition coefficient (Wildman–Crippen LogP) is -0.823. The molecule has 1 aliphatic heterocycles. The number of aromatic nitrogens is 3. The Kier molecular flexibility index (Phi) is 3.45. The van der Waals surface area contributed by atoms with Gasteiger partial charge in [0.15, 0.2) is 0 Å². The van der Waals surface area contributed by atoms with Crippen LogP contribution in [0.4, 0.5) is 11.9 Å². The monoisotopic (exact) mass is 252 g/mol. The van der Waals surface area contributed by atoms with Crippen molar-refractivity contribution in [3.8, 4) is 6.01 Å². The van der Waals surface area contributed by atoms with Gasteiger partial charge in [0.1, 0.15) is 0 Å². The van der Waals surface area contributed by atoms with Crippen molar-refractivity contribution in [2.45, 2.75) is 19.4 Å². The molecule has 0 spiro atoms. The minimum absolute atomic E-state index is 0.0328. The van der Waals surface area contributed by atoms with Gasteiger partial charge in [-0.25, -0.2) is 0 Å². The molecule has 1 aromatic heterocycles. The van der Waals surface area contributed by atoms with E-state index in [1.807, 2.05) is 4.90 Å². The highest BCUT2D eigenvalue weighted by atomic mass is 16.5. The van der Waals surface area contributed by atoms with Crippen LogP contribution in [0.1, 0.15) is 13.3 Å². The molecule has 1 saturated heterocycles. The number of anilines is 2. The molecular weight excluding hydrogens is 236 g/mol. The fraction of sp³-hybridized carbons (Fsp3) is 0.600. The number of carbonyl (C=O) groups excluding carboxylic acids is 1. The number of hydrogen-bond donors (Lipinski definition) is 2. The van der Waals surface area contributed by atoms with Gasteiger partial charge in [0.05, 0.1) is 7.11 Å². The number of nitrogens with two attached hydrogens (primary N) is 1. The van der Waals surface area contributed by atoms with Gasteiger partial charge in [-0.15, -0.1) is 0 Å². The van der Waals surface area contributed by atoms with Crippen LogP contribution in [0.15, 0.2) is 0 Å². The molecule has 1 atom stereocenters. The Hall–Kier alpha value is -2.12. The number of hydrogen-bond acceptors (Lipinski definition) is 7. The van der Waals surface area contributed by atoms with Crippen LogP contribution in [0.2, 0.25) is 0 Å². The van der Waals surface area contributed by atoms with E-state index < -0.39 is 0 Å². The number of ether oxygens (including phenoxy) is 1. The van der Waals surface area contributed by atoms with E-state index in [2.05, 4.69) is 20.3 Å². The van der Waals surface area contributed by atoms with Crippen LogP contribution in [-0.2, 0) is 4.79 Å². The molecule has 8 nitrogen and oxygen atoms in total. The van der Waals surface area contributed by atoms with E-state index >= 15 is 0 Å². The number of nitrogens with zero attached hydrogens (tertiary/aromatic N) is 4. The molecule has 2 rings (SSSR count). The molecule has 0 radical (unpaired) electrons. The Labute approximate surface area is 105 Å². The zero-order chi connectivity index (χ0) is 13.1. The Morgan fingerprint density at radius 2 is 2.28 bits per heavy atom. The largest absolute Gasteiger partial charge is 0.467 e. The van der Waals surface area contributed by atoms with Crippen molar-refractivity contribution in [1.82, 2.24) is 20.3 Å². The second kappa shape index (κ2) is 5.03. The first-order valence-corrected chi connectivity index (χ1v) is 5.66. The van der Waals surface area contributed by atoms with E-state index in [1.165, 1.54) is 14.0 Å². The second-order valence-electron chi connectivity index (χ2n) is 4.11. The molecule has 1 fully saturated rings. The number of methoxy groups -OCH3 is 1. The van der Waals surface area contributed by atoms with Crippen molar-refractivity contribution < 1.29 is 9.53 Å². The van der Waals surface area contributed by atoms with Crippen LogP contribution in [0, 0.1) is 0 Å². The third kappa shape index (κ3) is 2.76. The Morgan fingerprint density at radius 1 is 1.50 bits per heavy atom. The molecule has 18 heavy (non-hydrogen) atoms. The molecule has 98 valence electrons. The van der Waals surface area contributed by atoms with Gasteiger partial charge in [-0.3, -0.25) is 4.79 Å². The highest BCUT2D eigenvalue weighted by Gasteiger charge is 2.25. The van der Waals surface area contributed by atoms with Gasteiger partial charge < -0.3 is 20.7 Å². The highest BCUT2D eigenvalue weighted by Crippen LogP contribution is 2.18. The van der Waals surface area contributed by atoms with Crippen LogP contribution in [0.3, 0.4) is 0 Å². The summed E-state index contributed by atoms with van der Waals surface area (Å²) in [5.41, 5.74) is 5.58.